The minimum Gasteiger partial charge on any atom is -0.341 e. The predicted molar refractivity (Wildman–Crippen MR) is 63.3 cm³/mol. The van der Waals surface area contributed by atoms with E-state index in [0.29, 0.717) is 0 Å². The van der Waals surface area contributed by atoms with Crippen molar-refractivity contribution in [1.29, 1.82) is 0 Å². The van der Waals surface area contributed by atoms with Crippen LogP contribution in [0.5, 0.6) is 0 Å². The zero-order valence-electron chi connectivity index (χ0n) is 8.43. The lowest BCUT2D eigenvalue weighted by molar-refractivity contribution is 1.12. The molecule has 0 amide bonds. The van der Waals surface area contributed by atoms with Crippen molar-refractivity contribution in [3.05, 3.63) is 66.6 Å². The molecule has 73 valence electrons. The lowest BCUT2D eigenvalue weighted by Gasteiger charge is -2.19. The molecule has 1 radical (unpaired) electrons. The van der Waals surface area contributed by atoms with Gasteiger partial charge in [-0.15, -0.1) is 0 Å². The third-order valence-corrected chi connectivity index (χ3v) is 2.79. The van der Waals surface area contributed by atoms with E-state index in [-0.39, 0.29) is 0 Å². The Kier molecular flexibility index (Phi) is 1.95. The first-order chi connectivity index (χ1) is 7.45. The van der Waals surface area contributed by atoms with Crippen molar-refractivity contribution >= 4 is 11.4 Å². The van der Waals surface area contributed by atoms with E-state index in [2.05, 4.69) is 65.9 Å². The molecule has 1 heteroatoms. The predicted octanol–water partition coefficient (Wildman–Crippen LogP) is 3.39. The minimum absolute atomic E-state index is 0.976. The molecule has 0 saturated carbocycles. The van der Waals surface area contributed by atoms with Gasteiger partial charge in [0.25, 0.3) is 0 Å². The average molecular weight is 194 g/mol. The molecular weight excluding hydrogens is 182 g/mol. The number of benzene rings is 2. The maximum absolute atomic E-state index is 2.33. The fraction of sp³-hybridized carbons (Fsp3) is 0.0714. The molecule has 0 spiro atoms. The molecule has 0 unspecified atom stereocenters. The van der Waals surface area contributed by atoms with Crippen LogP contribution in [-0.2, 0) is 0 Å². The lowest BCUT2D eigenvalue weighted by Crippen LogP contribution is -2.12. The van der Waals surface area contributed by atoms with Gasteiger partial charge in [-0.1, -0.05) is 36.4 Å². The smallest absolute Gasteiger partial charge is 0.0447 e. The molecule has 15 heavy (non-hydrogen) atoms. The average Bonchev–Trinajstić information content (AvgIpc) is 2.74. The molecule has 0 fully saturated rings. The van der Waals surface area contributed by atoms with Gasteiger partial charge in [-0.2, -0.15) is 0 Å². The molecule has 0 aromatic heterocycles. The van der Waals surface area contributed by atoms with Crippen molar-refractivity contribution < 1.29 is 0 Å². The van der Waals surface area contributed by atoms with Crippen molar-refractivity contribution in [3.63, 3.8) is 0 Å². The van der Waals surface area contributed by atoms with Gasteiger partial charge in [0.2, 0.25) is 0 Å². The molecule has 0 aliphatic carbocycles. The first-order valence-corrected chi connectivity index (χ1v) is 5.20. The summed E-state index contributed by atoms with van der Waals surface area (Å²) in [5.41, 5.74) is 3.91. The molecule has 0 N–H and O–H groups in total. The molecule has 2 aromatic rings. The Bertz CT molecular complexity index is 462. The molecular formula is C14H12N. The third-order valence-electron chi connectivity index (χ3n) is 2.79. The summed E-state index contributed by atoms with van der Waals surface area (Å²) < 4.78 is 0. The second-order valence-corrected chi connectivity index (χ2v) is 3.71. The fourth-order valence-electron chi connectivity index (χ4n) is 2.05. The molecule has 1 nitrogen and oxygen atoms in total. The molecule has 0 atom stereocenters. The summed E-state index contributed by atoms with van der Waals surface area (Å²) in [6.45, 7) is 0.976. The van der Waals surface area contributed by atoms with Gasteiger partial charge in [0, 0.05) is 24.3 Å². The first kappa shape index (κ1) is 8.54. The normalized spacial score (nSPS) is 14.0. The van der Waals surface area contributed by atoms with Crippen LogP contribution < -0.4 is 4.90 Å². The van der Waals surface area contributed by atoms with Crippen molar-refractivity contribution in [1.82, 2.24) is 0 Å². The number of anilines is 2. The summed E-state index contributed by atoms with van der Waals surface area (Å²) in [5.74, 6) is 0. The van der Waals surface area contributed by atoms with Crippen LogP contribution in [0.3, 0.4) is 0 Å². The molecule has 0 saturated heterocycles. The van der Waals surface area contributed by atoms with Crippen molar-refractivity contribution in [2.24, 2.45) is 0 Å². The van der Waals surface area contributed by atoms with Crippen molar-refractivity contribution in [2.45, 2.75) is 0 Å². The Morgan fingerprint density at radius 2 is 1.53 bits per heavy atom. The molecule has 2 aromatic carbocycles. The molecule has 0 bridgehead atoms. The highest BCUT2D eigenvalue weighted by atomic mass is 15.2. The Balaban J connectivity index is 2.05. The second-order valence-electron chi connectivity index (χ2n) is 3.71. The van der Waals surface area contributed by atoms with Gasteiger partial charge in [-0.05, 0) is 23.8 Å². The van der Waals surface area contributed by atoms with Gasteiger partial charge in [0.1, 0.15) is 0 Å². The van der Waals surface area contributed by atoms with E-state index >= 15 is 0 Å². The van der Waals surface area contributed by atoms with E-state index in [1.54, 1.807) is 0 Å². The molecule has 3 rings (SSSR count). The highest BCUT2D eigenvalue weighted by molar-refractivity contribution is 5.72. The number of nitrogens with zero attached hydrogens (tertiary/aromatic N) is 1. The van der Waals surface area contributed by atoms with E-state index in [1.165, 1.54) is 16.9 Å². The van der Waals surface area contributed by atoms with Crippen LogP contribution in [0.15, 0.2) is 54.6 Å². The van der Waals surface area contributed by atoms with Gasteiger partial charge < -0.3 is 4.90 Å². The Morgan fingerprint density at radius 1 is 0.800 bits per heavy atom. The zero-order valence-corrected chi connectivity index (χ0v) is 8.43. The van der Waals surface area contributed by atoms with Crippen LogP contribution in [0.1, 0.15) is 5.56 Å². The summed E-state index contributed by atoms with van der Waals surface area (Å²) in [4.78, 5) is 2.33. The molecule has 1 aliphatic heterocycles. The van der Waals surface area contributed by atoms with Crippen LogP contribution in [0, 0.1) is 6.42 Å². The molecule has 1 heterocycles. The largest absolute Gasteiger partial charge is 0.341 e. The Hall–Kier alpha value is -1.76. The summed E-state index contributed by atoms with van der Waals surface area (Å²) in [6, 6.07) is 19.0. The van der Waals surface area contributed by atoms with Crippen molar-refractivity contribution in [2.75, 3.05) is 11.4 Å². The van der Waals surface area contributed by atoms with Gasteiger partial charge in [0.05, 0.1) is 0 Å². The van der Waals surface area contributed by atoms with Crippen LogP contribution in [0.4, 0.5) is 11.4 Å². The zero-order chi connectivity index (χ0) is 10.1. The summed E-state index contributed by atoms with van der Waals surface area (Å²) >= 11 is 0. The lowest BCUT2D eigenvalue weighted by atomic mass is 10.2. The number of rotatable bonds is 1. The van der Waals surface area contributed by atoms with E-state index in [0.717, 1.165) is 6.54 Å². The van der Waals surface area contributed by atoms with Crippen LogP contribution in [0.25, 0.3) is 0 Å². The standard InChI is InChI=1S/C14H12N/c1-2-7-13(8-3-1)15-11-10-12-6-4-5-9-14(12)15/h1-10H,11H2. The van der Waals surface area contributed by atoms with Crippen molar-refractivity contribution in [3.8, 4) is 0 Å². The maximum atomic E-state index is 2.33. The van der Waals surface area contributed by atoms with E-state index < -0.39 is 0 Å². The number of hydrogen-bond acceptors (Lipinski definition) is 1. The number of fused-ring (bicyclic) bond motifs is 1. The third kappa shape index (κ3) is 1.40. The van der Waals surface area contributed by atoms with Gasteiger partial charge in [-0.25, -0.2) is 0 Å². The van der Waals surface area contributed by atoms with Gasteiger partial charge in [0.15, 0.2) is 0 Å². The number of hydrogen-bond donors (Lipinski definition) is 0. The number of para-hydroxylation sites is 2. The summed E-state index contributed by atoms with van der Waals surface area (Å²) in [7, 11) is 0. The van der Waals surface area contributed by atoms with Crippen LogP contribution in [-0.4, -0.2) is 6.54 Å². The summed E-state index contributed by atoms with van der Waals surface area (Å²) in [6.07, 6.45) is 2.27. The summed E-state index contributed by atoms with van der Waals surface area (Å²) in [5, 5.41) is 0. The highest BCUT2D eigenvalue weighted by Gasteiger charge is 2.19. The maximum Gasteiger partial charge on any atom is 0.0447 e. The first-order valence-electron chi connectivity index (χ1n) is 5.20. The quantitative estimate of drug-likeness (QED) is 0.672. The topological polar surface area (TPSA) is 3.24 Å². The highest BCUT2D eigenvalue weighted by Crippen LogP contribution is 2.34. The van der Waals surface area contributed by atoms with Gasteiger partial charge in [-0.3, -0.25) is 0 Å². The minimum atomic E-state index is 0.976. The Labute approximate surface area is 90.0 Å². The fourth-order valence-corrected chi connectivity index (χ4v) is 2.05. The van der Waals surface area contributed by atoms with Crippen LogP contribution in [0.2, 0.25) is 0 Å². The van der Waals surface area contributed by atoms with Crippen LogP contribution >= 0.6 is 0 Å². The Morgan fingerprint density at radius 3 is 2.40 bits per heavy atom. The van der Waals surface area contributed by atoms with E-state index in [1.807, 2.05) is 0 Å². The monoisotopic (exact) mass is 194 g/mol. The second kappa shape index (κ2) is 3.43. The SMILES string of the molecule is [CH]1CN(c2ccccc2)c2ccccc21. The van der Waals surface area contributed by atoms with E-state index in [9.17, 15) is 0 Å². The molecule has 1 aliphatic rings. The van der Waals surface area contributed by atoms with Gasteiger partial charge >= 0.3 is 0 Å². The van der Waals surface area contributed by atoms with E-state index in [4.69, 9.17) is 0 Å².